The molecule has 2 aliphatic carbocycles. The summed E-state index contributed by atoms with van der Waals surface area (Å²) in [6.45, 7) is 0. The van der Waals surface area contributed by atoms with Gasteiger partial charge in [-0.15, -0.1) is 6.42 Å². The van der Waals surface area contributed by atoms with E-state index in [4.69, 9.17) is 6.42 Å². The lowest BCUT2D eigenvalue weighted by Crippen LogP contribution is -2.06. The van der Waals surface area contributed by atoms with E-state index in [1.165, 1.54) is 36.8 Å². The first-order valence-electron chi connectivity index (χ1n) is 5.43. The van der Waals surface area contributed by atoms with Gasteiger partial charge in [0.25, 0.3) is 0 Å². The molecule has 1 aromatic rings. The third kappa shape index (κ3) is 1.09. The monoisotopic (exact) mass is 182 g/mol. The van der Waals surface area contributed by atoms with Crippen LogP contribution < -0.4 is 0 Å². The van der Waals surface area contributed by atoms with Gasteiger partial charge in [0.05, 0.1) is 5.41 Å². The highest BCUT2D eigenvalue weighted by Crippen LogP contribution is 2.53. The first-order valence-corrected chi connectivity index (χ1v) is 5.43. The molecule has 0 unspecified atom stereocenters. The van der Waals surface area contributed by atoms with Crippen LogP contribution in [0.5, 0.6) is 0 Å². The first kappa shape index (κ1) is 8.12. The van der Waals surface area contributed by atoms with E-state index in [1.807, 2.05) is 0 Å². The molecule has 2 saturated carbocycles. The van der Waals surface area contributed by atoms with Crippen molar-refractivity contribution in [3.8, 4) is 12.3 Å². The van der Waals surface area contributed by atoms with Crippen molar-refractivity contribution in [1.29, 1.82) is 0 Å². The van der Waals surface area contributed by atoms with Gasteiger partial charge in [-0.1, -0.05) is 30.2 Å². The van der Waals surface area contributed by atoms with Crippen LogP contribution in [-0.4, -0.2) is 0 Å². The summed E-state index contributed by atoms with van der Waals surface area (Å²) >= 11 is 0. The maximum absolute atomic E-state index is 5.64. The second kappa shape index (κ2) is 2.64. The third-order valence-corrected chi connectivity index (χ3v) is 3.52. The lowest BCUT2D eigenvalue weighted by Gasteiger charge is -2.13. The van der Waals surface area contributed by atoms with E-state index in [1.54, 1.807) is 0 Å². The molecule has 70 valence electrons. The normalized spacial score (nSPS) is 22.8. The van der Waals surface area contributed by atoms with Crippen LogP contribution >= 0.6 is 0 Å². The molecular weight excluding hydrogens is 168 g/mol. The zero-order valence-corrected chi connectivity index (χ0v) is 8.29. The summed E-state index contributed by atoms with van der Waals surface area (Å²) < 4.78 is 0. The van der Waals surface area contributed by atoms with E-state index in [9.17, 15) is 0 Å². The summed E-state index contributed by atoms with van der Waals surface area (Å²) in [5.41, 5.74) is 3.10. The zero-order valence-electron chi connectivity index (χ0n) is 8.29. The Morgan fingerprint density at radius 1 is 1.21 bits per heavy atom. The molecule has 1 aromatic carbocycles. The van der Waals surface area contributed by atoms with Gasteiger partial charge in [-0.25, -0.2) is 0 Å². The second-order valence-corrected chi connectivity index (χ2v) is 4.59. The largest absolute Gasteiger partial charge is 0.119 e. The quantitative estimate of drug-likeness (QED) is 0.616. The van der Waals surface area contributed by atoms with Gasteiger partial charge in [-0.3, -0.25) is 0 Å². The number of hydrogen-bond acceptors (Lipinski definition) is 0. The van der Waals surface area contributed by atoms with Crippen LogP contribution in [-0.2, 0) is 5.41 Å². The van der Waals surface area contributed by atoms with E-state index >= 15 is 0 Å². The Kier molecular flexibility index (Phi) is 1.53. The molecule has 0 nitrogen and oxygen atoms in total. The fourth-order valence-electron chi connectivity index (χ4n) is 2.30. The minimum Gasteiger partial charge on any atom is -0.119 e. The van der Waals surface area contributed by atoms with E-state index < -0.39 is 0 Å². The van der Waals surface area contributed by atoms with E-state index in [2.05, 4.69) is 30.2 Å². The van der Waals surface area contributed by atoms with Gasteiger partial charge in [-0.2, -0.15) is 0 Å². The highest BCUT2D eigenvalue weighted by molar-refractivity contribution is 5.47. The van der Waals surface area contributed by atoms with Crippen molar-refractivity contribution in [2.75, 3.05) is 0 Å². The molecule has 0 aliphatic heterocycles. The van der Waals surface area contributed by atoms with Crippen molar-refractivity contribution in [3.05, 3.63) is 35.4 Å². The highest BCUT2D eigenvalue weighted by atomic mass is 14.5. The Hall–Kier alpha value is -1.22. The molecule has 0 atom stereocenters. The standard InChI is InChI=1S/C14H14/c1-2-14(9-10-14)13-6-4-3-5-12(13)11-7-8-11/h1,3-6,11H,7-10H2. The molecule has 0 N–H and O–H groups in total. The van der Waals surface area contributed by atoms with Gasteiger partial charge < -0.3 is 0 Å². The van der Waals surface area contributed by atoms with E-state index in [0.29, 0.717) is 0 Å². The summed E-state index contributed by atoms with van der Waals surface area (Å²) in [6.07, 6.45) is 10.7. The van der Waals surface area contributed by atoms with Crippen LogP contribution in [0, 0.1) is 12.3 Å². The zero-order chi connectivity index (χ0) is 9.60. The second-order valence-electron chi connectivity index (χ2n) is 4.59. The van der Waals surface area contributed by atoms with Crippen LogP contribution in [0.4, 0.5) is 0 Å². The molecule has 0 amide bonds. The number of terminal acetylenes is 1. The molecule has 0 spiro atoms. The molecule has 2 aliphatic rings. The van der Waals surface area contributed by atoms with Crippen molar-refractivity contribution < 1.29 is 0 Å². The third-order valence-electron chi connectivity index (χ3n) is 3.52. The lowest BCUT2D eigenvalue weighted by molar-refractivity contribution is 0.892. The van der Waals surface area contributed by atoms with Gasteiger partial charge in [-0.05, 0) is 42.7 Å². The molecular formula is C14H14. The smallest absolute Gasteiger partial charge is 0.0564 e. The SMILES string of the molecule is C#CC1(c2ccccc2C2CC2)CC1. The predicted molar refractivity (Wildman–Crippen MR) is 58.2 cm³/mol. The topological polar surface area (TPSA) is 0 Å². The van der Waals surface area contributed by atoms with Gasteiger partial charge in [0.2, 0.25) is 0 Å². The Labute approximate surface area is 85.3 Å². The van der Waals surface area contributed by atoms with Crippen LogP contribution in [0.25, 0.3) is 0 Å². The van der Waals surface area contributed by atoms with Crippen LogP contribution in [0.15, 0.2) is 24.3 Å². The van der Waals surface area contributed by atoms with Crippen LogP contribution in [0.3, 0.4) is 0 Å². The molecule has 0 heterocycles. The molecule has 0 saturated heterocycles. The number of hydrogen-bond donors (Lipinski definition) is 0. The maximum atomic E-state index is 5.64. The molecule has 2 fully saturated rings. The summed E-state index contributed by atoms with van der Waals surface area (Å²) in [5.74, 6) is 3.81. The fraction of sp³-hybridized carbons (Fsp3) is 0.429. The molecule has 0 aromatic heterocycles. The molecule has 14 heavy (non-hydrogen) atoms. The Morgan fingerprint density at radius 3 is 2.50 bits per heavy atom. The molecule has 3 rings (SSSR count). The summed E-state index contributed by atoms with van der Waals surface area (Å²) in [5, 5.41) is 0. The maximum Gasteiger partial charge on any atom is 0.0564 e. The number of benzene rings is 1. The highest BCUT2D eigenvalue weighted by Gasteiger charge is 2.45. The fourth-order valence-corrected chi connectivity index (χ4v) is 2.30. The van der Waals surface area contributed by atoms with Gasteiger partial charge in [0, 0.05) is 0 Å². The van der Waals surface area contributed by atoms with E-state index in [0.717, 1.165) is 5.92 Å². The molecule has 0 bridgehead atoms. The lowest BCUT2D eigenvalue weighted by atomic mass is 9.90. The summed E-state index contributed by atoms with van der Waals surface area (Å²) in [4.78, 5) is 0. The van der Waals surface area contributed by atoms with Gasteiger partial charge in [0.15, 0.2) is 0 Å². The van der Waals surface area contributed by atoms with Gasteiger partial charge >= 0.3 is 0 Å². The van der Waals surface area contributed by atoms with Crippen molar-refractivity contribution in [1.82, 2.24) is 0 Å². The first-order chi connectivity index (χ1) is 6.86. The van der Waals surface area contributed by atoms with Crippen molar-refractivity contribution in [2.24, 2.45) is 0 Å². The van der Waals surface area contributed by atoms with Crippen molar-refractivity contribution >= 4 is 0 Å². The number of rotatable bonds is 2. The molecule has 0 radical (unpaired) electrons. The summed E-state index contributed by atoms with van der Waals surface area (Å²) in [6, 6.07) is 8.77. The minimum absolute atomic E-state index is 0.124. The predicted octanol–water partition coefficient (Wildman–Crippen LogP) is 3.23. The Morgan fingerprint density at radius 2 is 1.93 bits per heavy atom. The molecule has 0 heteroatoms. The Bertz CT molecular complexity index is 400. The van der Waals surface area contributed by atoms with Crippen LogP contribution in [0.2, 0.25) is 0 Å². The van der Waals surface area contributed by atoms with Crippen molar-refractivity contribution in [2.45, 2.75) is 37.0 Å². The Balaban J connectivity index is 2.08. The average molecular weight is 182 g/mol. The average Bonchev–Trinajstić information content (AvgIpc) is 3.12. The minimum atomic E-state index is 0.124. The van der Waals surface area contributed by atoms with Crippen molar-refractivity contribution in [3.63, 3.8) is 0 Å². The summed E-state index contributed by atoms with van der Waals surface area (Å²) in [7, 11) is 0. The van der Waals surface area contributed by atoms with E-state index in [-0.39, 0.29) is 5.41 Å². The van der Waals surface area contributed by atoms with Gasteiger partial charge in [0.1, 0.15) is 0 Å². The van der Waals surface area contributed by atoms with Crippen LogP contribution in [0.1, 0.15) is 42.7 Å².